The summed E-state index contributed by atoms with van der Waals surface area (Å²) in [6, 6.07) is 8.56. The molecule has 30 heavy (non-hydrogen) atoms. The van der Waals surface area contributed by atoms with Crippen molar-refractivity contribution in [2.75, 3.05) is 19.6 Å². The van der Waals surface area contributed by atoms with Crippen LogP contribution < -0.4 is 4.72 Å². The van der Waals surface area contributed by atoms with Gasteiger partial charge in [-0.3, -0.25) is 4.79 Å². The van der Waals surface area contributed by atoms with E-state index in [4.69, 9.17) is 0 Å². The number of nitrogens with zero attached hydrogens (tertiary/aromatic N) is 2. The standard InChI is InChI=1S/C21H23FN4O3S/c22-16-3-5-17(6-4-16)30(28,29)25-11-7-20(27)26-12-8-15(9-13-26)19-14-24-21-18(19)2-1-10-23-21/h1-6,10,14-15,25H,7-9,11-13H2,(H,23,24). The highest BCUT2D eigenvalue weighted by molar-refractivity contribution is 7.89. The molecule has 1 aliphatic heterocycles. The van der Waals surface area contributed by atoms with Crippen LogP contribution in [0.15, 0.2) is 53.7 Å². The van der Waals surface area contributed by atoms with Crippen LogP contribution in [0.4, 0.5) is 4.39 Å². The summed E-state index contributed by atoms with van der Waals surface area (Å²) in [4.78, 5) is 21.8. The minimum Gasteiger partial charge on any atom is -0.346 e. The zero-order valence-corrected chi connectivity index (χ0v) is 17.2. The van der Waals surface area contributed by atoms with Gasteiger partial charge in [0.25, 0.3) is 0 Å². The number of likely N-dealkylation sites (tertiary alicyclic amines) is 1. The van der Waals surface area contributed by atoms with Gasteiger partial charge >= 0.3 is 0 Å². The Hall–Kier alpha value is -2.78. The zero-order chi connectivity index (χ0) is 21.1. The summed E-state index contributed by atoms with van der Waals surface area (Å²) >= 11 is 0. The summed E-state index contributed by atoms with van der Waals surface area (Å²) in [5.74, 6) is -0.212. The third kappa shape index (κ3) is 4.36. The van der Waals surface area contributed by atoms with E-state index < -0.39 is 15.8 Å². The number of carbonyl (C=O) groups excluding carboxylic acids is 1. The number of pyridine rings is 1. The summed E-state index contributed by atoms with van der Waals surface area (Å²) in [6.45, 7) is 1.29. The molecule has 1 saturated heterocycles. The molecule has 3 heterocycles. The second-order valence-electron chi connectivity index (χ2n) is 7.40. The lowest BCUT2D eigenvalue weighted by atomic mass is 9.89. The van der Waals surface area contributed by atoms with Crippen LogP contribution in [0.5, 0.6) is 0 Å². The number of nitrogens with one attached hydrogen (secondary N) is 2. The topological polar surface area (TPSA) is 95.2 Å². The Labute approximate surface area is 174 Å². The first-order valence-corrected chi connectivity index (χ1v) is 11.4. The lowest BCUT2D eigenvalue weighted by molar-refractivity contribution is -0.132. The fourth-order valence-corrected chi connectivity index (χ4v) is 4.93. The quantitative estimate of drug-likeness (QED) is 0.629. The number of piperidine rings is 1. The van der Waals surface area contributed by atoms with Gasteiger partial charge in [-0.05, 0) is 60.7 Å². The first-order valence-electron chi connectivity index (χ1n) is 9.89. The Balaban J connectivity index is 1.28. The minimum absolute atomic E-state index is 0.00654. The number of H-pyrrole nitrogens is 1. The Morgan fingerprint density at radius 2 is 1.93 bits per heavy atom. The molecule has 4 rings (SSSR count). The molecule has 1 aliphatic rings. The number of aromatic nitrogens is 2. The van der Waals surface area contributed by atoms with E-state index >= 15 is 0 Å². The van der Waals surface area contributed by atoms with Gasteiger partial charge in [0.2, 0.25) is 15.9 Å². The van der Waals surface area contributed by atoms with Crippen molar-refractivity contribution in [1.82, 2.24) is 19.6 Å². The van der Waals surface area contributed by atoms with E-state index in [1.54, 1.807) is 11.1 Å². The first kappa shape index (κ1) is 20.5. The van der Waals surface area contributed by atoms with Crippen LogP contribution in [0.25, 0.3) is 11.0 Å². The fourth-order valence-electron chi connectivity index (χ4n) is 3.90. The van der Waals surface area contributed by atoms with E-state index in [1.165, 1.54) is 17.7 Å². The Morgan fingerprint density at radius 1 is 1.20 bits per heavy atom. The number of halogens is 1. The molecule has 1 amide bonds. The molecule has 0 spiro atoms. The Kier molecular flexibility index (Phi) is 5.83. The molecule has 9 heteroatoms. The van der Waals surface area contributed by atoms with Crippen LogP contribution in [0, 0.1) is 5.82 Å². The third-order valence-electron chi connectivity index (χ3n) is 5.53. The van der Waals surface area contributed by atoms with Gasteiger partial charge in [-0.2, -0.15) is 0 Å². The van der Waals surface area contributed by atoms with Crippen molar-refractivity contribution in [1.29, 1.82) is 0 Å². The second-order valence-corrected chi connectivity index (χ2v) is 9.17. The van der Waals surface area contributed by atoms with Crippen LogP contribution in [0.3, 0.4) is 0 Å². The van der Waals surface area contributed by atoms with Gasteiger partial charge in [0.05, 0.1) is 4.90 Å². The number of amides is 1. The van der Waals surface area contributed by atoms with Crippen LogP contribution in [0.1, 0.15) is 30.7 Å². The second kappa shape index (κ2) is 8.53. The van der Waals surface area contributed by atoms with Gasteiger partial charge in [0.15, 0.2) is 0 Å². The molecule has 0 aliphatic carbocycles. The number of hydrogen-bond acceptors (Lipinski definition) is 4. The van der Waals surface area contributed by atoms with Crippen molar-refractivity contribution >= 4 is 27.0 Å². The van der Waals surface area contributed by atoms with Gasteiger partial charge in [-0.1, -0.05) is 0 Å². The highest BCUT2D eigenvalue weighted by Crippen LogP contribution is 2.32. The summed E-state index contributed by atoms with van der Waals surface area (Å²) in [5.41, 5.74) is 2.11. The molecular formula is C21H23FN4O3S. The van der Waals surface area contributed by atoms with Crippen molar-refractivity contribution in [3.8, 4) is 0 Å². The largest absolute Gasteiger partial charge is 0.346 e. The van der Waals surface area contributed by atoms with E-state index in [-0.39, 0.29) is 23.8 Å². The predicted octanol–water partition coefficient (Wildman–Crippen LogP) is 2.78. The molecule has 1 fully saturated rings. The van der Waals surface area contributed by atoms with E-state index in [2.05, 4.69) is 20.8 Å². The highest BCUT2D eigenvalue weighted by atomic mass is 32.2. The van der Waals surface area contributed by atoms with E-state index in [0.29, 0.717) is 19.0 Å². The van der Waals surface area contributed by atoms with Crippen LogP contribution >= 0.6 is 0 Å². The van der Waals surface area contributed by atoms with Gasteiger partial charge < -0.3 is 9.88 Å². The summed E-state index contributed by atoms with van der Waals surface area (Å²) in [7, 11) is -3.76. The number of fused-ring (bicyclic) bond motifs is 1. The molecular weight excluding hydrogens is 407 g/mol. The monoisotopic (exact) mass is 430 g/mol. The molecule has 2 aromatic heterocycles. The normalized spacial score (nSPS) is 15.6. The molecule has 1 aromatic carbocycles. The van der Waals surface area contributed by atoms with Gasteiger partial charge in [0, 0.05) is 43.8 Å². The Bertz CT molecular complexity index is 1140. The molecule has 0 bridgehead atoms. The van der Waals surface area contributed by atoms with Crippen LogP contribution in [0.2, 0.25) is 0 Å². The summed E-state index contributed by atoms with van der Waals surface area (Å²) in [5, 5.41) is 1.12. The molecule has 0 atom stereocenters. The molecule has 0 saturated carbocycles. The zero-order valence-electron chi connectivity index (χ0n) is 16.3. The van der Waals surface area contributed by atoms with Crippen molar-refractivity contribution in [2.45, 2.75) is 30.1 Å². The average molecular weight is 431 g/mol. The summed E-state index contributed by atoms with van der Waals surface area (Å²) in [6.07, 6.45) is 5.56. The number of sulfonamides is 1. The molecule has 158 valence electrons. The maximum Gasteiger partial charge on any atom is 0.240 e. The third-order valence-corrected chi connectivity index (χ3v) is 7.00. The maximum absolute atomic E-state index is 13.0. The predicted molar refractivity (Wildman–Crippen MR) is 111 cm³/mol. The Morgan fingerprint density at radius 3 is 2.67 bits per heavy atom. The van der Waals surface area contributed by atoms with E-state index in [0.717, 1.165) is 36.0 Å². The SMILES string of the molecule is O=C(CCNS(=O)(=O)c1ccc(F)cc1)N1CCC(c2c[nH]c3ncccc23)CC1. The number of hydrogen-bond donors (Lipinski definition) is 2. The lowest BCUT2D eigenvalue weighted by Crippen LogP contribution is -2.39. The highest BCUT2D eigenvalue weighted by Gasteiger charge is 2.25. The maximum atomic E-state index is 13.0. The summed E-state index contributed by atoms with van der Waals surface area (Å²) < 4.78 is 39.8. The fraction of sp³-hybridized carbons (Fsp3) is 0.333. The number of benzene rings is 1. The van der Waals surface area contributed by atoms with Crippen LogP contribution in [-0.4, -0.2) is 48.8 Å². The van der Waals surface area contributed by atoms with Gasteiger partial charge in [0.1, 0.15) is 11.5 Å². The van der Waals surface area contributed by atoms with Gasteiger partial charge in [-0.15, -0.1) is 0 Å². The van der Waals surface area contributed by atoms with Crippen LogP contribution in [-0.2, 0) is 14.8 Å². The molecule has 7 nitrogen and oxygen atoms in total. The first-order chi connectivity index (χ1) is 14.4. The van der Waals surface area contributed by atoms with Gasteiger partial charge in [-0.25, -0.2) is 22.5 Å². The molecule has 0 unspecified atom stereocenters. The lowest BCUT2D eigenvalue weighted by Gasteiger charge is -2.32. The molecule has 0 radical (unpaired) electrons. The van der Waals surface area contributed by atoms with Crippen molar-refractivity contribution in [3.05, 3.63) is 60.2 Å². The number of carbonyl (C=O) groups is 1. The number of rotatable bonds is 6. The number of aromatic amines is 1. The minimum atomic E-state index is -3.76. The van der Waals surface area contributed by atoms with E-state index in [1.807, 2.05) is 12.3 Å². The van der Waals surface area contributed by atoms with Crippen molar-refractivity contribution in [3.63, 3.8) is 0 Å². The van der Waals surface area contributed by atoms with E-state index in [9.17, 15) is 17.6 Å². The van der Waals surface area contributed by atoms with Crippen molar-refractivity contribution in [2.24, 2.45) is 0 Å². The average Bonchev–Trinajstić information content (AvgIpc) is 3.18. The smallest absolute Gasteiger partial charge is 0.240 e. The molecule has 3 aromatic rings. The van der Waals surface area contributed by atoms with Crippen molar-refractivity contribution < 1.29 is 17.6 Å². The molecule has 2 N–H and O–H groups in total.